The number of ether oxygens (including phenoxy) is 1. The number of nitrogens with zero attached hydrogens (tertiary/aromatic N) is 1. The Balaban J connectivity index is 5.37. The van der Waals surface area contributed by atoms with Crippen LogP contribution in [0.5, 0.6) is 0 Å². The second-order valence-electron chi connectivity index (χ2n) is 21.1. The van der Waals surface area contributed by atoms with Gasteiger partial charge in [0, 0.05) is 12.8 Å². The first-order valence-corrected chi connectivity index (χ1v) is 31.2. The predicted octanol–water partition coefficient (Wildman–Crippen LogP) is 17.4. The number of unbranched alkanes of at least 4 members (excludes halogenated alkanes) is 27. The molecule has 0 fully saturated rings. The molecular formula is C62H113N2O7P. The zero-order valence-corrected chi connectivity index (χ0v) is 48.5. The fourth-order valence-corrected chi connectivity index (χ4v) is 8.93. The SMILES string of the molecule is CCCCC/C=C\C/C=C\C/C=C\CCCCCCC(=O)OC(/C=C/CCCCCCCCCCCC)C(COP(=O)([O-])OCC[N+](C)(C)C)NC(=O)CCCCCCCCC/C=C\C/C=C\CCCCC. The Hall–Kier alpha value is -2.55. The number of hydrogen-bond donors (Lipinski definition) is 1. The minimum absolute atomic E-state index is 0.0301. The number of nitrogens with one attached hydrogen (secondary N) is 1. The zero-order valence-electron chi connectivity index (χ0n) is 47.6. The van der Waals surface area contributed by atoms with Crippen LogP contribution >= 0.6 is 7.82 Å². The van der Waals surface area contributed by atoms with Crippen LogP contribution < -0.4 is 10.2 Å². The van der Waals surface area contributed by atoms with E-state index in [1.54, 1.807) is 0 Å². The maximum atomic E-state index is 13.5. The Morgan fingerprint density at radius 2 is 0.847 bits per heavy atom. The Bertz CT molecular complexity index is 1460. The predicted molar refractivity (Wildman–Crippen MR) is 307 cm³/mol. The van der Waals surface area contributed by atoms with Gasteiger partial charge in [-0.05, 0) is 102 Å². The fourth-order valence-electron chi connectivity index (χ4n) is 8.20. The second-order valence-corrected chi connectivity index (χ2v) is 22.6. The van der Waals surface area contributed by atoms with Gasteiger partial charge in [-0.15, -0.1) is 0 Å². The van der Waals surface area contributed by atoms with Crippen molar-refractivity contribution in [2.45, 2.75) is 270 Å². The molecule has 0 aromatic carbocycles. The highest BCUT2D eigenvalue weighted by atomic mass is 31.2. The fraction of sp³-hybridized carbons (Fsp3) is 0.774. The molecule has 1 N–H and O–H groups in total. The van der Waals surface area contributed by atoms with Crippen molar-refractivity contribution in [2.75, 3.05) is 40.9 Å². The van der Waals surface area contributed by atoms with E-state index < -0.39 is 26.6 Å². The third kappa shape index (κ3) is 52.3. The first-order chi connectivity index (χ1) is 34.9. The smallest absolute Gasteiger partial charge is 0.306 e. The molecule has 1 amide bonds. The number of allylic oxidation sites excluding steroid dienone is 11. The van der Waals surface area contributed by atoms with E-state index in [0.29, 0.717) is 23.9 Å². The monoisotopic (exact) mass is 1030 g/mol. The van der Waals surface area contributed by atoms with Gasteiger partial charge in [-0.3, -0.25) is 14.2 Å². The van der Waals surface area contributed by atoms with E-state index in [1.807, 2.05) is 33.3 Å². The molecule has 0 aliphatic heterocycles. The highest BCUT2D eigenvalue weighted by Crippen LogP contribution is 2.38. The van der Waals surface area contributed by atoms with Crippen molar-refractivity contribution in [3.63, 3.8) is 0 Å². The molecule has 0 bridgehead atoms. The van der Waals surface area contributed by atoms with Crippen LogP contribution in [0.1, 0.15) is 258 Å². The Morgan fingerprint density at radius 1 is 0.486 bits per heavy atom. The lowest BCUT2D eigenvalue weighted by atomic mass is 10.0. The summed E-state index contributed by atoms with van der Waals surface area (Å²) in [6, 6.07) is -0.904. The second kappa shape index (κ2) is 51.9. The largest absolute Gasteiger partial charge is 0.756 e. The molecule has 0 heterocycles. The number of phosphoric ester groups is 1. The molecule has 0 aliphatic carbocycles. The van der Waals surface area contributed by atoms with Crippen molar-refractivity contribution >= 4 is 19.7 Å². The van der Waals surface area contributed by atoms with Gasteiger partial charge < -0.3 is 28.5 Å². The molecular weight excluding hydrogens is 916 g/mol. The van der Waals surface area contributed by atoms with E-state index in [9.17, 15) is 19.0 Å². The summed E-state index contributed by atoms with van der Waals surface area (Å²) in [7, 11) is 1.16. The van der Waals surface area contributed by atoms with Crippen LogP contribution in [0.15, 0.2) is 72.9 Å². The van der Waals surface area contributed by atoms with Crippen molar-refractivity contribution in [2.24, 2.45) is 0 Å². The number of amides is 1. The van der Waals surface area contributed by atoms with Crippen LogP contribution in [0.4, 0.5) is 0 Å². The van der Waals surface area contributed by atoms with Crippen molar-refractivity contribution in [1.82, 2.24) is 5.32 Å². The molecule has 3 unspecified atom stereocenters. The minimum Gasteiger partial charge on any atom is -0.756 e. The van der Waals surface area contributed by atoms with Gasteiger partial charge in [-0.25, -0.2) is 0 Å². The van der Waals surface area contributed by atoms with Crippen molar-refractivity contribution < 1.29 is 37.3 Å². The van der Waals surface area contributed by atoms with Gasteiger partial charge in [0.05, 0.1) is 33.8 Å². The van der Waals surface area contributed by atoms with Crippen LogP contribution in [0.3, 0.4) is 0 Å². The highest BCUT2D eigenvalue weighted by Gasteiger charge is 2.27. The minimum atomic E-state index is -4.71. The Morgan fingerprint density at radius 3 is 1.29 bits per heavy atom. The van der Waals surface area contributed by atoms with E-state index in [1.165, 1.54) is 122 Å². The first kappa shape index (κ1) is 69.5. The quantitative estimate of drug-likeness (QED) is 0.0212. The first-order valence-electron chi connectivity index (χ1n) is 29.7. The zero-order chi connectivity index (χ0) is 52.9. The van der Waals surface area contributed by atoms with Gasteiger partial charge in [-0.1, -0.05) is 216 Å². The number of carbonyl (C=O) groups excluding carboxylic acids is 2. The van der Waals surface area contributed by atoms with Gasteiger partial charge in [0.2, 0.25) is 5.91 Å². The molecule has 0 saturated heterocycles. The molecule has 9 nitrogen and oxygen atoms in total. The summed E-state index contributed by atoms with van der Waals surface area (Å²) in [5, 5.41) is 3.01. The summed E-state index contributed by atoms with van der Waals surface area (Å²) in [6.45, 7) is 6.76. The van der Waals surface area contributed by atoms with Crippen molar-refractivity contribution in [3.8, 4) is 0 Å². The molecule has 0 rings (SSSR count). The van der Waals surface area contributed by atoms with Gasteiger partial charge in [-0.2, -0.15) is 0 Å². The maximum Gasteiger partial charge on any atom is 0.306 e. The Kier molecular flexibility index (Phi) is 50.1. The van der Waals surface area contributed by atoms with Crippen LogP contribution in [0.25, 0.3) is 0 Å². The van der Waals surface area contributed by atoms with E-state index >= 15 is 0 Å². The molecule has 0 saturated carbocycles. The molecule has 0 aromatic heterocycles. The maximum absolute atomic E-state index is 13.5. The van der Waals surface area contributed by atoms with Gasteiger partial charge in [0.25, 0.3) is 7.82 Å². The average Bonchev–Trinajstić information content (AvgIpc) is 3.34. The molecule has 3 atom stereocenters. The summed E-state index contributed by atoms with van der Waals surface area (Å²) in [4.78, 5) is 39.9. The van der Waals surface area contributed by atoms with Crippen LogP contribution in [0.2, 0.25) is 0 Å². The lowest BCUT2D eigenvalue weighted by molar-refractivity contribution is -0.870. The number of rotatable bonds is 53. The third-order valence-electron chi connectivity index (χ3n) is 12.9. The molecule has 0 aromatic rings. The average molecular weight is 1030 g/mol. The standard InChI is InChI=1S/C62H113N2O7P/c1-7-10-13-16-19-22-25-28-30-32-34-36-39-42-45-48-51-54-61(65)63-59(58-70-72(67,68)69-57-56-64(4,5)6)60(53-50-47-44-41-38-27-24-21-18-15-12-9-3)71-62(66)55-52-49-46-43-40-37-35-33-31-29-26-23-20-17-14-11-8-2/h19-20,22-23,28-31,35,37,50,53,59-60H,7-18,21,24-27,32-34,36,38-49,51-52,54-58H2,1-6H3,(H-,63,65,67,68)/b22-19-,23-20-,30-28-,31-29-,37-35-,53-50+. The number of likely N-dealkylation sites (N-methyl/N-ethyl adjacent to an activating group) is 1. The Labute approximate surface area is 444 Å². The highest BCUT2D eigenvalue weighted by molar-refractivity contribution is 7.45. The van der Waals surface area contributed by atoms with Gasteiger partial charge >= 0.3 is 5.97 Å². The van der Waals surface area contributed by atoms with Crippen LogP contribution in [-0.4, -0.2) is 69.4 Å². The topological polar surface area (TPSA) is 114 Å². The van der Waals surface area contributed by atoms with E-state index in [0.717, 1.165) is 96.3 Å². The third-order valence-corrected chi connectivity index (χ3v) is 13.8. The van der Waals surface area contributed by atoms with Gasteiger partial charge in [0.1, 0.15) is 19.3 Å². The van der Waals surface area contributed by atoms with E-state index in [4.69, 9.17) is 13.8 Å². The molecule has 418 valence electrons. The lowest BCUT2D eigenvalue weighted by Gasteiger charge is -2.30. The van der Waals surface area contributed by atoms with Crippen molar-refractivity contribution in [1.29, 1.82) is 0 Å². The normalized spacial score (nSPS) is 14.3. The molecule has 72 heavy (non-hydrogen) atoms. The van der Waals surface area contributed by atoms with E-state index in [2.05, 4.69) is 86.8 Å². The van der Waals surface area contributed by atoms with Crippen LogP contribution in [0, 0.1) is 0 Å². The number of phosphoric acid groups is 1. The van der Waals surface area contributed by atoms with Crippen LogP contribution in [-0.2, 0) is 27.9 Å². The number of esters is 1. The summed E-state index contributed by atoms with van der Waals surface area (Å²) in [5.41, 5.74) is 0. The number of carbonyl (C=O) groups is 2. The molecule has 0 radical (unpaired) electrons. The number of hydrogen-bond acceptors (Lipinski definition) is 7. The summed E-state index contributed by atoms with van der Waals surface area (Å²) < 4.78 is 30.2. The van der Waals surface area contributed by atoms with Gasteiger partial charge in [0.15, 0.2) is 0 Å². The molecule has 0 aliphatic rings. The molecule has 0 spiro atoms. The molecule has 10 heteroatoms. The summed E-state index contributed by atoms with van der Waals surface area (Å²) >= 11 is 0. The summed E-state index contributed by atoms with van der Waals surface area (Å²) in [6.07, 6.45) is 65.7. The number of quaternary nitrogens is 1. The summed E-state index contributed by atoms with van der Waals surface area (Å²) in [5.74, 6) is -0.575. The lowest BCUT2D eigenvalue weighted by Crippen LogP contribution is -2.47. The van der Waals surface area contributed by atoms with Crippen molar-refractivity contribution in [3.05, 3.63) is 72.9 Å². The van der Waals surface area contributed by atoms with E-state index in [-0.39, 0.29) is 24.9 Å².